The first-order chi connectivity index (χ1) is 18.8. The van der Waals surface area contributed by atoms with E-state index in [0.717, 1.165) is 53.0 Å². The number of nitrogens with one attached hydrogen (secondary N) is 2. The highest BCUT2D eigenvalue weighted by molar-refractivity contribution is 5.96. The number of hydrogen-bond acceptors (Lipinski definition) is 9. The molecule has 9 nitrogen and oxygen atoms in total. The number of hydrogen-bond donors (Lipinski definition) is 2. The van der Waals surface area contributed by atoms with E-state index in [1.54, 1.807) is 6.20 Å². The summed E-state index contributed by atoms with van der Waals surface area (Å²) in [5, 5.41) is 7.60. The molecule has 0 radical (unpaired) electrons. The van der Waals surface area contributed by atoms with Crippen LogP contribution in [0.15, 0.2) is 61.1 Å². The molecular weight excluding hydrogens is 492 g/mol. The Balaban J connectivity index is 1.38. The number of carbonyl (C=O) groups is 1. The number of ketones is 1. The molecule has 2 aromatic heterocycles. The quantitative estimate of drug-likeness (QED) is 0.301. The van der Waals surface area contributed by atoms with Crippen molar-refractivity contribution in [3.63, 3.8) is 0 Å². The molecule has 0 amide bonds. The fourth-order valence-corrected chi connectivity index (χ4v) is 4.80. The summed E-state index contributed by atoms with van der Waals surface area (Å²) in [7, 11) is 3.81. The lowest BCUT2D eigenvalue weighted by Crippen LogP contribution is -2.55. The Kier molecular flexibility index (Phi) is 7.72. The lowest BCUT2D eigenvalue weighted by atomic mass is 9.92. The summed E-state index contributed by atoms with van der Waals surface area (Å²) in [4.78, 5) is 28.3. The van der Waals surface area contributed by atoms with Crippen LogP contribution >= 0.6 is 0 Å². The van der Waals surface area contributed by atoms with Crippen molar-refractivity contribution in [1.82, 2.24) is 25.2 Å². The van der Waals surface area contributed by atoms with Gasteiger partial charge in [-0.25, -0.2) is 9.97 Å². The normalized spacial score (nSPS) is 16.9. The summed E-state index contributed by atoms with van der Waals surface area (Å²) < 4.78 is 12.4. The third kappa shape index (κ3) is 6.00. The second-order valence-electron chi connectivity index (χ2n) is 10.3. The van der Waals surface area contributed by atoms with Crippen LogP contribution in [0.4, 0.5) is 11.5 Å². The number of fused-ring (bicyclic) bond motifs is 1. The number of aryl methyl sites for hydroxylation is 2. The molecule has 0 unspecified atom stereocenters. The van der Waals surface area contributed by atoms with E-state index >= 15 is 0 Å². The second kappa shape index (κ2) is 11.3. The minimum atomic E-state index is -0.699. The van der Waals surface area contributed by atoms with E-state index in [2.05, 4.69) is 25.6 Å². The zero-order valence-electron chi connectivity index (χ0n) is 22.8. The first kappa shape index (κ1) is 26.5. The smallest absolute Gasteiger partial charge is 0.170 e. The molecule has 2 N–H and O–H groups in total. The van der Waals surface area contributed by atoms with Crippen molar-refractivity contribution in [3.05, 3.63) is 72.3 Å². The van der Waals surface area contributed by atoms with Crippen LogP contribution in [0.1, 0.15) is 24.1 Å². The van der Waals surface area contributed by atoms with Gasteiger partial charge in [-0.3, -0.25) is 9.78 Å². The van der Waals surface area contributed by atoms with Gasteiger partial charge in [0, 0.05) is 11.4 Å². The first-order valence-corrected chi connectivity index (χ1v) is 13.1. The molecule has 5 rings (SSSR count). The Morgan fingerprint density at radius 1 is 1.08 bits per heavy atom. The summed E-state index contributed by atoms with van der Waals surface area (Å²) in [6, 6.07) is 15.4. The van der Waals surface area contributed by atoms with Crippen molar-refractivity contribution in [3.8, 4) is 17.2 Å². The minimum Gasteiger partial charge on any atom is -0.490 e. The largest absolute Gasteiger partial charge is 0.490 e. The molecule has 0 aliphatic carbocycles. The molecular formula is C30H34N6O3. The number of pyridine rings is 1. The molecule has 1 aliphatic heterocycles. The van der Waals surface area contributed by atoms with Crippen LogP contribution in [0.5, 0.6) is 17.2 Å². The lowest BCUT2D eigenvalue weighted by Gasteiger charge is -2.29. The van der Waals surface area contributed by atoms with Crippen LogP contribution < -0.4 is 20.1 Å². The average Bonchev–Trinajstić information content (AvgIpc) is 3.40. The third-order valence-corrected chi connectivity index (χ3v) is 6.89. The highest BCUT2D eigenvalue weighted by Gasteiger charge is 2.41. The van der Waals surface area contributed by atoms with E-state index < -0.39 is 5.54 Å². The Bertz CT molecular complexity index is 1460. The van der Waals surface area contributed by atoms with Gasteiger partial charge in [-0.2, -0.15) is 0 Å². The molecule has 1 fully saturated rings. The van der Waals surface area contributed by atoms with Gasteiger partial charge in [0.25, 0.3) is 0 Å². The molecule has 0 spiro atoms. The maximum absolute atomic E-state index is 13.1. The van der Waals surface area contributed by atoms with Crippen molar-refractivity contribution in [1.29, 1.82) is 0 Å². The van der Waals surface area contributed by atoms with Gasteiger partial charge < -0.3 is 25.0 Å². The number of carbonyl (C=O) groups excluding carboxylic acids is 1. The number of aromatic nitrogens is 3. The van der Waals surface area contributed by atoms with Gasteiger partial charge in [-0.15, -0.1) is 0 Å². The van der Waals surface area contributed by atoms with Crippen LogP contribution in [0.3, 0.4) is 0 Å². The van der Waals surface area contributed by atoms with Gasteiger partial charge in [-0.05, 0) is 95.4 Å². The fourth-order valence-electron chi connectivity index (χ4n) is 4.80. The summed E-state index contributed by atoms with van der Waals surface area (Å²) >= 11 is 0. The topological polar surface area (TPSA) is 102 Å². The van der Waals surface area contributed by atoms with Crippen molar-refractivity contribution >= 4 is 28.2 Å². The summed E-state index contributed by atoms with van der Waals surface area (Å²) in [6.45, 7) is 5.34. The zero-order valence-corrected chi connectivity index (χ0v) is 22.8. The number of rotatable bonds is 10. The van der Waals surface area contributed by atoms with E-state index in [1.807, 2.05) is 81.4 Å². The van der Waals surface area contributed by atoms with Gasteiger partial charge in [0.2, 0.25) is 0 Å². The summed E-state index contributed by atoms with van der Waals surface area (Å²) in [5.74, 6) is 2.83. The van der Waals surface area contributed by atoms with Crippen LogP contribution in [-0.4, -0.2) is 65.0 Å². The fraction of sp³-hybridized carbons (Fsp3) is 0.333. The van der Waals surface area contributed by atoms with Crippen LogP contribution in [-0.2, 0) is 4.79 Å². The predicted octanol–water partition coefficient (Wildman–Crippen LogP) is 4.81. The van der Waals surface area contributed by atoms with Gasteiger partial charge in [-0.1, -0.05) is 6.07 Å². The highest BCUT2D eigenvalue weighted by atomic mass is 16.5. The summed E-state index contributed by atoms with van der Waals surface area (Å²) in [5.41, 5.74) is 2.81. The molecule has 4 aromatic rings. The molecule has 0 saturated carbocycles. The molecule has 202 valence electrons. The lowest BCUT2D eigenvalue weighted by molar-refractivity contribution is -0.126. The highest BCUT2D eigenvalue weighted by Crippen LogP contribution is 2.34. The van der Waals surface area contributed by atoms with Gasteiger partial charge in [0.05, 0.1) is 23.6 Å². The predicted molar refractivity (Wildman–Crippen MR) is 152 cm³/mol. The van der Waals surface area contributed by atoms with Gasteiger partial charge in [0.15, 0.2) is 5.78 Å². The maximum Gasteiger partial charge on any atom is 0.170 e. The van der Waals surface area contributed by atoms with Gasteiger partial charge >= 0.3 is 0 Å². The molecule has 3 heterocycles. The Morgan fingerprint density at radius 2 is 1.95 bits per heavy atom. The monoisotopic (exact) mass is 526 g/mol. The number of anilines is 2. The molecule has 1 atom stereocenters. The first-order valence-electron chi connectivity index (χ1n) is 13.1. The van der Waals surface area contributed by atoms with E-state index in [4.69, 9.17) is 9.47 Å². The van der Waals surface area contributed by atoms with Crippen molar-refractivity contribution in [2.45, 2.75) is 32.2 Å². The Hall–Kier alpha value is -4.08. The molecule has 39 heavy (non-hydrogen) atoms. The molecule has 0 bridgehead atoms. The van der Waals surface area contributed by atoms with Gasteiger partial charge in [0.1, 0.15) is 41.5 Å². The van der Waals surface area contributed by atoms with Crippen LogP contribution in [0.2, 0.25) is 0 Å². The summed E-state index contributed by atoms with van der Waals surface area (Å²) in [6.07, 6.45) is 4.93. The number of Topliss-reactive ketones (excluding diaryl/α,β-unsaturated/α-hetero) is 1. The molecule has 9 heteroatoms. The number of ether oxygens (including phenoxy) is 2. The SMILES string of the molecule is Cc1ccc(Oc2ccc(Nc3ncnc4cccc(OC[C@]5(C(=O)CN(C)C)CCCN5)c34)cc2C)cn1. The van der Waals surface area contributed by atoms with Crippen molar-refractivity contribution in [2.24, 2.45) is 0 Å². The zero-order chi connectivity index (χ0) is 27.4. The molecule has 1 aliphatic rings. The Labute approximate surface area is 228 Å². The van der Waals surface area contributed by atoms with Crippen LogP contribution in [0.25, 0.3) is 10.9 Å². The van der Waals surface area contributed by atoms with Crippen molar-refractivity contribution < 1.29 is 14.3 Å². The van der Waals surface area contributed by atoms with E-state index in [9.17, 15) is 4.79 Å². The van der Waals surface area contributed by atoms with Crippen LogP contribution in [0, 0.1) is 13.8 Å². The standard InChI is InChI=1S/C30H34N6O3/c1-20-15-22(10-12-25(20)39-23-11-9-21(2)31-16-23)35-29-28-24(32-19-33-29)7-5-8-26(28)38-18-30(13-6-14-34-30)27(37)17-36(3)4/h5,7-12,15-16,19,34H,6,13-14,17-18H2,1-4H3,(H,32,33,35)/t30-/m0/s1. The van der Waals surface area contributed by atoms with E-state index in [-0.39, 0.29) is 12.4 Å². The number of nitrogens with zero attached hydrogens (tertiary/aromatic N) is 4. The third-order valence-electron chi connectivity index (χ3n) is 6.89. The van der Waals surface area contributed by atoms with Crippen molar-refractivity contribution in [2.75, 3.05) is 39.1 Å². The molecule has 1 saturated heterocycles. The second-order valence-corrected chi connectivity index (χ2v) is 10.3. The van der Waals surface area contributed by atoms with E-state index in [0.29, 0.717) is 23.9 Å². The number of likely N-dealkylation sites (N-methyl/N-ethyl adjacent to an activating group) is 1. The maximum atomic E-state index is 13.1. The van der Waals surface area contributed by atoms with E-state index in [1.165, 1.54) is 6.33 Å². The average molecular weight is 527 g/mol. The minimum absolute atomic E-state index is 0.138. The Morgan fingerprint density at radius 3 is 2.67 bits per heavy atom. The molecule has 2 aromatic carbocycles. The number of benzene rings is 2.